The van der Waals surface area contributed by atoms with Gasteiger partial charge in [-0.3, -0.25) is 9.59 Å². The van der Waals surface area contributed by atoms with Crippen LogP contribution in [0.2, 0.25) is 0 Å². The van der Waals surface area contributed by atoms with Gasteiger partial charge in [0.25, 0.3) is 0 Å². The summed E-state index contributed by atoms with van der Waals surface area (Å²) in [6.07, 6.45) is -0.613. The SMILES string of the molecule is O=C(CBr)C1CCC2CCCCC2N1C(=O)C(F)(F)F. The first-order valence-electron chi connectivity index (χ1n) is 6.84. The maximum atomic E-state index is 12.8. The van der Waals surface area contributed by atoms with Crippen molar-refractivity contribution >= 4 is 27.6 Å². The summed E-state index contributed by atoms with van der Waals surface area (Å²) in [4.78, 5) is 24.5. The molecule has 1 aliphatic heterocycles. The molecule has 3 atom stereocenters. The number of alkyl halides is 4. The van der Waals surface area contributed by atoms with Crippen LogP contribution in [-0.4, -0.2) is 40.2 Å². The number of hydrogen-bond donors (Lipinski definition) is 0. The van der Waals surface area contributed by atoms with E-state index in [2.05, 4.69) is 15.9 Å². The Kier molecular flexibility index (Phi) is 4.76. The van der Waals surface area contributed by atoms with Gasteiger partial charge in [0.1, 0.15) is 0 Å². The number of amides is 1. The third kappa shape index (κ3) is 3.02. The van der Waals surface area contributed by atoms with Crippen LogP contribution in [0.1, 0.15) is 38.5 Å². The molecule has 1 saturated carbocycles. The minimum Gasteiger partial charge on any atom is -0.322 e. The highest BCUT2D eigenvalue weighted by atomic mass is 79.9. The first kappa shape index (κ1) is 15.8. The van der Waals surface area contributed by atoms with Crippen molar-refractivity contribution in [1.82, 2.24) is 4.90 Å². The van der Waals surface area contributed by atoms with E-state index in [9.17, 15) is 22.8 Å². The lowest BCUT2D eigenvalue weighted by molar-refractivity contribution is -0.195. The van der Waals surface area contributed by atoms with Crippen LogP contribution in [0.15, 0.2) is 0 Å². The van der Waals surface area contributed by atoms with Crippen molar-refractivity contribution in [1.29, 1.82) is 0 Å². The predicted molar refractivity (Wildman–Crippen MR) is 70.5 cm³/mol. The molecule has 0 N–H and O–H groups in total. The third-order valence-corrected chi connectivity index (χ3v) is 4.91. The van der Waals surface area contributed by atoms with Gasteiger partial charge in [-0.15, -0.1) is 0 Å². The van der Waals surface area contributed by atoms with E-state index < -0.39 is 24.2 Å². The number of hydrogen-bond acceptors (Lipinski definition) is 2. The van der Waals surface area contributed by atoms with E-state index in [1.165, 1.54) is 0 Å². The zero-order chi connectivity index (χ0) is 14.9. The van der Waals surface area contributed by atoms with Crippen LogP contribution in [0.4, 0.5) is 13.2 Å². The topological polar surface area (TPSA) is 37.4 Å². The summed E-state index contributed by atoms with van der Waals surface area (Å²) in [6, 6.07) is -1.36. The molecular weight excluding hydrogens is 339 g/mol. The fraction of sp³-hybridized carbons (Fsp3) is 0.846. The molecule has 0 spiro atoms. The second kappa shape index (κ2) is 6.03. The average molecular weight is 356 g/mol. The van der Waals surface area contributed by atoms with Crippen molar-refractivity contribution in [2.45, 2.75) is 56.8 Å². The van der Waals surface area contributed by atoms with Gasteiger partial charge in [-0.25, -0.2) is 0 Å². The second-order valence-electron chi connectivity index (χ2n) is 5.52. The molecule has 3 unspecified atom stereocenters. The Bertz CT molecular complexity index is 400. The molecular formula is C13H17BrF3NO2. The Morgan fingerprint density at radius 2 is 1.75 bits per heavy atom. The van der Waals surface area contributed by atoms with Crippen molar-refractivity contribution in [3.05, 3.63) is 0 Å². The van der Waals surface area contributed by atoms with Crippen molar-refractivity contribution in [2.24, 2.45) is 5.92 Å². The quantitative estimate of drug-likeness (QED) is 0.714. The minimum absolute atomic E-state index is 0.0172. The smallest absolute Gasteiger partial charge is 0.322 e. The van der Waals surface area contributed by atoms with E-state index in [0.717, 1.165) is 30.6 Å². The molecule has 0 aromatic heterocycles. The normalized spacial score (nSPS) is 30.8. The number of piperidine rings is 1. The largest absolute Gasteiger partial charge is 0.471 e. The lowest BCUT2D eigenvalue weighted by Gasteiger charge is -2.48. The van der Waals surface area contributed by atoms with Crippen LogP contribution in [0.3, 0.4) is 0 Å². The van der Waals surface area contributed by atoms with Crippen molar-refractivity contribution < 1.29 is 22.8 Å². The second-order valence-corrected chi connectivity index (χ2v) is 6.08. The van der Waals surface area contributed by atoms with Gasteiger partial charge in [-0.1, -0.05) is 28.8 Å². The summed E-state index contributed by atoms with van der Waals surface area (Å²) >= 11 is 3.00. The van der Waals surface area contributed by atoms with Crippen LogP contribution in [0.5, 0.6) is 0 Å². The zero-order valence-corrected chi connectivity index (χ0v) is 12.5. The fourth-order valence-corrected chi connectivity index (χ4v) is 3.85. The van der Waals surface area contributed by atoms with Crippen LogP contribution in [0.25, 0.3) is 0 Å². The molecule has 2 aliphatic rings. The molecule has 20 heavy (non-hydrogen) atoms. The monoisotopic (exact) mass is 355 g/mol. The van der Waals surface area contributed by atoms with Gasteiger partial charge >= 0.3 is 12.1 Å². The number of halogens is 4. The number of Topliss-reactive ketones (excluding diaryl/α,β-unsaturated/α-hetero) is 1. The Balaban J connectivity index is 2.29. The first-order chi connectivity index (χ1) is 9.36. The highest BCUT2D eigenvalue weighted by molar-refractivity contribution is 9.09. The molecule has 1 heterocycles. The number of fused-ring (bicyclic) bond motifs is 1. The van der Waals surface area contributed by atoms with Crippen LogP contribution >= 0.6 is 15.9 Å². The van der Waals surface area contributed by atoms with E-state index in [4.69, 9.17) is 0 Å². The number of carbonyl (C=O) groups excluding carboxylic acids is 2. The summed E-state index contributed by atoms with van der Waals surface area (Å²) in [6.45, 7) is 0. The summed E-state index contributed by atoms with van der Waals surface area (Å²) < 4.78 is 38.5. The Morgan fingerprint density at radius 1 is 1.10 bits per heavy atom. The van der Waals surface area contributed by atoms with Gasteiger partial charge in [-0.05, 0) is 31.6 Å². The summed E-state index contributed by atoms with van der Waals surface area (Å²) in [5.41, 5.74) is 0. The number of carbonyl (C=O) groups is 2. The zero-order valence-electron chi connectivity index (χ0n) is 11.0. The molecule has 1 saturated heterocycles. The molecule has 7 heteroatoms. The molecule has 0 bridgehead atoms. The number of rotatable bonds is 2. The number of likely N-dealkylation sites (tertiary alicyclic amines) is 1. The molecule has 2 fully saturated rings. The molecule has 114 valence electrons. The Labute approximate surface area is 124 Å². The molecule has 0 aromatic carbocycles. The number of ketones is 1. The van der Waals surface area contributed by atoms with Crippen molar-refractivity contribution in [3.63, 3.8) is 0 Å². The van der Waals surface area contributed by atoms with Gasteiger partial charge in [0, 0.05) is 6.04 Å². The minimum atomic E-state index is -4.91. The van der Waals surface area contributed by atoms with E-state index in [-0.39, 0.29) is 17.0 Å². The molecule has 3 nitrogen and oxygen atoms in total. The van der Waals surface area contributed by atoms with Crippen molar-refractivity contribution in [3.8, 4) is 0 Å². The van der Waals surface area contributed by atoms with Gasteiger partial charge < -0.3 is 4.90 Å². The van der Waals surface area contributed by atoms with Crippen LogP contribution in [0, 0.1) is 5.92 Å². The van der Waals surface area contributed by atoms with Crippen LogP contribution < -0.4 is 0 Å². The molecule has 1 amide bonds. The molecule has 0 aromatic rings. The molecule has 2 rings (SSSR count). The predicted octanol–water partition coefficient (Wildman–Crippen LogP) is 3.06. The van der Waals surface area contributed by atoms with E-state index >= 15 is 0 Å². The fourth-order valence-electron chi connectivity index (χ4n) is 3.48. The summed E-state index contributed by atoms with van der Waals surface area (Å²) in [7, 11) is 0. The first-order valence-corrected chi connectivity index (χ1v) is 7.96. The third-order valence-electron chi connectivity index (χ3n) is 4.35. The Morgan fingerprint density at radius 3 is 2.35 bits per heavy atom. The summed E-state index contributed by atoms with van der Waals surface area (Å²) in [5, 5.41) is -0.0172. The average Bonchev–Trinajstić information content (AvgIpc) is 2.43. The van der Waals surface area contributed by atoms with Gasteiger partial charge in [0.15, 0.2) is 5.78 Å². The lowest BCUT2D eigenvalue weighted by atomic mass is 9.75. The maximum absolute atomic E-state index is 12.8. The van der Waals surface area contributed by atoms with E-state index in [1.807, 2.05) is 0 Å². The highest BCUT2D eigenvalue weighted by Crippen LogP contribution is 2.40. The Hall–Kier alpha value is -0.590. The highest BCUT2D eigenvalue weighted by Gasteiger charge is 2.51. The van der Waals surface area contributed by atoms with Gasteiger partial charge in [0.05, 0.1) is 11.4 Å². The van der Waals surface area contributed by atoms with E-state index in [0.29, 0.717) is 12.8 Å². The molecule has 1 aliphatic carbocycles. The maximum Gasteiger partial charge on any atom is 0.471 e. The van der Waals surface area contributed by atoms with Crippen molar-refractivity contribution in [2.75, 3.05) is 5.33 Å². The number of nitrogens with zero attached hydrogens (tertiary/aromatic N) is 1. The standard InChI is InChI=1S/C13H17BrF3NO2/c14-7-11(19)10-6-5-8-3-1-2-4-9(8)18(10)12(20)13(15,16)17/h8-10H,1-7H2. The summed E-state index contributed by atoms with van der Waals surface area (Å²) in [5.74, 6) is -2.09. The van der Waals surface area contributed by atoms with E-state index in [1.54, 1.807) is 0 Å². The lowest BCUT2D eigenvalue weighted by Crippen LogP contribution is -2.60. The molecule has 0 radical (unpaired) electrons. The van der Waals surface area contributed by atoms with Gasteiger partial charge in [0.2, 0.25) is 0 Å². The van der Waals surface area contributed by atoms with Gasteiger partial charge in [-0.2, -0.15) is 13.2 Å². The van der Waals surface area contributed by atoms with Crippen LogP contribution in [-0.2, 0) is 9.59 Å².